The van der Waals surface area contributed by atoms with Crippen molar-refractivity contribution >= 4 is 10.2 Å². The number of rotatable bonds is 3. The largest absolute Gasteiger partial charge is 0.302 e. The van der Waals surface area contributed by atoms with Gasteiger partial charge in [-0.05, 0) is 18.9 Å². The monoisotopic (exact) mass is 202 g/mol. The van der Waals surface area contributed by atoms with E-state index in [1.165, 1.54) is 0 Å². The van der Waals surface area contributed by atoms with E-state index in [1.54, 1.807) is 6.07 Å². The zero-order valence-corrected chi connectivity index (χ0v) is 8.14. The molecule has 72 valence electrons. The third kappa shape index (κ3) is 4.03. The van der Waals surface area contributed by atoms with Gasteiger partial charge in [0, 0.05) is 0 Å². The molecule has 0 saturated carbocycles. The molecule has 4 heteroatoms. The summed E-state index contributed by atoms with van der Waals surface area (Å²) in [5.41, 5.74) is 1.90. The molecule has 13 heavy (non-hydrogen) atoms. The molecule has 1 rings (SSSR count). The van der Waals surface area contributed by atoms with Crippen LogP contribution >= 0.6 is 0 Å². The maximum atomic E-state index is 12.1. The summed E-state index contributed by atoms with van der Waals surface area (Å²) < 4.78 is 32.6. The van der Waals surface area contributed by atoms with E-state index in [-0.39, 0.29) is 6.42 Å². The molecule has 0 aliphatic carbocycles. The predicted octanol–water partition coefficient (Wildman–Crippen LogP) is 1.84. The number of aryl methyl sites for hydroxylation is 2. The molecule has 0 aromatic heterocycles. The van der Waals surface area contributed by atoms with Crippen LogP contribution in [0.15, 0.2) is 24.3 Å². The Labute approximate surface area is 77.6 Å². The Bertz CT molecular complexity index is 384. The topological polar surface area (TPSA) is 34.1 Å². The van der Waals surface area contributed by atoms with Gasteiger partial charge < -0.3 is 0 Å². The van der Waals surface area contributed by atoms with Gasteiger partial charge in [0.15, 0.2) is 0 Å². The summed E-state index contributed by atoms with van der Waals surface area (Å²) in [6.45, 7) is 1.91. The standard InChI is InChI=1S/C9H11FO2S/c1-8-3-2-4-9(7-8)5-6-13(10,11)12/h2-4,7H,5-6H2,1H3. The third-order valence-electron chi connectivity index (χ3n) is 1.72. The summed E-state index contributed by atoms with van der Waals surface area (Å²) in [5, 5.41) is 0. The van der Waals surface area contributed by atoms with E-state index < -0.39 is 16.0 Å². The fourth-order valence-electron chi connectivity index (χ4n) is 1.11. The number of halogens is 1. The molecule has 0 N–H and O–H groups in total. The second-order valence-corrected chi connectivity index (χ2v) is 4.47. The van der Waals surface area contributed by atoms with Crippen LogP contribution in [0.3, 0.4) is 0 Å². The van der Waals surface area contributed by atoms with Crippen LogP contribution in [0.5, 0.6) is 0 Å². The first-order valence-electron chi connectivity index (χ1n) is 3.95. The summed E-state index contributed by atoms with van der Waals surface area (Å²) in [4.78, 5) is 0. The van der Waals surface area contributed by atoms with Crippen molar-refractivity contribution in [2.45, 2.75) is 13.3 Å². The van der Waals surface area contributed by atoms with Gasteiger partial charge in [0.1, 0.15) is 0 Å². The van der Waals surface area contributed by atoms with Gasteiger partial charge in [0.05, 0.1) is 5.75 Å². The molecule has 0 aliphatic rings. The smallest absolute Gasteiger partial charge is 0.195 e. The maximum Gasteiger partial charge on any atom is 0.302 e. The van der Waals surface area contributed by atoms with Gasteiger partial charge in [-0.2, -0.15) is 8.42 Å². The van der Waals surface area contributed by atoms with Crippen LogP contribution in [0.4, 0.5) is 3.89 Å². The van der Waals surface area contributed by atoms with Crippen molar-refractivity contribution < 1.29 is 12.3 Å². The summed E-state index contributed by atoms with van der Waals surface area (Å²) in [5.74, 6) is -0.434. The quantitative estimate of drug-likeness (QED) is 0.701. The lowest BCUT2D eigenvalue weighted by Gasteiger charge is -1.99. The molecule has 0 heterocycles. The van der Waals surface area contributed by atoms with E-state index in [1.807, 2.05) is 25.1 Å². The van der Waals surface area contributed by atoms with E-state index in [0.29, 0.717) is 0 Å². The first-order valence-corrected chi connectivity index (χ1v) is 5.50. The Morgan fingerprint density at radius 3 is 2.62 bits per heavy atom. The van der Waals surface area contributed by atoms with Crippen LogP contribution in [-0.2, 0) is 16.6 Å². The second-order valence-electron chi connectivity index (χ2n) is 2.98. The maximum absolute atomic E-state index is 12.1. The molecule has 0 amide bonds. The molecule has 0 fully saturated rings. The molecule has 2 nitrogen and oxygen atoms in total. The van der Waals surface area contributed by atoms with Gasteiger partial charge in [-0.1, -0.05) is 29.8 Å². The molecule has 0 unspecified atom stereocenters. The molecule has 0 saturated heterocycles. The predicted molar refractivity (Wildman–Crippen MR) is 49.8 cm³/mol. The summed E-state index contributed by atoms with van der Waals surface area (Å²) >= 11 is 0. The van der Waals surface area contributed by atoms with E-state index in [0.717, 1.165) is 11.1 Å². The van der Waals surface area contributed by atoms with Crippen molar-refractivity contribution in [3.05, 3.63) is 35.4 Å². The summed E-state index contributed by atoms with van der Waals surface area (Å²) in [6.07, 6.45) is 0.237. The second kappa shape index (κ2) is 3.87. The third-order valence-corrected chi connectivity index (χ3v) is 2.41. The van der Waals surface area contributed by atoms with Crippen molar-refractivity contribution in [2.75, 3.05) is 5.75 Å². The summed E-state index contributed by atoms with van der Waals surface area (Å²) in [6, 6.07) is 7.38. The van der Waals surface area contributed by atoms with E-state index >= 15 is 0 Å². The Hall–Kier alpha value is -0.900. The van der Waals surface area contributed by atoms with Gasteiger partial charge in [0.2, 0.25) is 0 Å². The zero-order valence-electron chi connectivity index (χ0n) is 7.33. The van der Waals surface area contributed by atoms with Crippen molar-refractivity contribution in [1.29, 1.82) is 0 Å². The van der Waals surface area contributed by atoms with E-state index in [9.17, 15) is 12.3 Å². The Kier molecular flexibility index (Phi) is 3.03. The lowest BCUT2D eigenvalue weighted by molar-refractivity contribution is 0.551. The minimum Gasteiger partial charge on any atom is -0.195 e. The van der Waals surface area contributed by atoms with Crippen LogP contribution in [0, 0.1) is 6.92 Å². The highest BCUT2D eigenvalue weighted by Gasteiger charge is 2.06. The highest BCUT2D eigenvalue weighted by Crippen LogP contribution is 2.06. The molecule has 0 spiro atoms. The van der Waals surface area contributed by atoms with Crippen LogP contribution in [0.1, 0.15) is 11.1 Å². The van der Waals surface area contributed by atoms with E-state index in [4.69, 9.17) is 0 Å². The molecule has 0 radical (unpaired) electrons. The number of hydrogen-bond donors (Lipinski definition) is 0. The first-order chi connectivity index (χ1) is 5.97. The van der Waals surface area contributed by atoms with Crippen LogP contribution < -0.4 is 0 Å². The molecular weight excluding hydrogens is 191 g/mol. The lowest BCUT2D eigenvalue weighted by Crippen LogP contribution is -2.01. The molecule has 0 atom stereocenters. The van der Waals surface area contributed by atoms with Gasteiger partial charge >= 0.3 is 10.2 Å². The van der Waals surface area contributed by atoms with Crippen molar-refractivity contribution in [2.24, 2.45) is 0 Å². The Balaban J connectivity index is 2.65. The highest BCUT2D eigenvalue weighted by atomic mass is 32.3. The van der Waals surface area contributed by atoms with Gasteiger partial charge in [-0.25, -0.2) is 0 Å². The summed E-state index contributed by atoms with van der Waals surface area (Å²) in [7, 11) is -4.34. The van der Waals surface area contributed by atoms with Crippen LogP contribution in [0.25, 0.3) is 0 Å². The normalized spacial score (nSPS) is 11.5. The van der Waals surface area contributed by atoms with Crippen molar-refractivity contribution in [3.63, 3.8) is 0 Å². The first kappa shape index (κ1) is 10.2. The van der Waals surface area contributed by atoms with E-state index in [2.05, 4.69) is 0 Å². The average Bonchev–Trinajstić information content (AvgIpc) is 2.00. The lowest BCUT2D eigenvalue weighted by atomic mass is 10.1. The van der Waals surface area contributed by atoms with Gasteiger partial charge in [0.25, 0.3) is 0 Å². The van der Waals surface area contributed by atoms with Crippen LogP contribution in [0.2, 0.25) is 0 Å². The molecular formula is C9H11FO2S. The van der Waals surface area contributed by atoms with Gasteiger partial charge in [-0.15, -0.1) is 3.89 Å². The zero-order chi connectivity index (χ0) is 9.90. The Morgan fingerprint density at radius 1 is 1.38 bits per heavy atom. The molecule has 1 aromatic rings. The minimum atomic E-state index is -4.34. The highest BCUT2D eigenvalue weighted by molar-refractivity contribution is 7.86. The van der Waals surface area contributed by atoms with Gasteiger partial charge in [-0.3, -0.25) is 0 Å². The van der Waals surface area contributed by atoms with Crippen molar-refractivity contribution in [1.82, 2.24) is 0 Å². The Morgan fingerprint density at radius 2 is 2.08 bits per heavy atom. The van der Waals surface area contributed by atoms with Crippen molar-refractivity contribution in [3.8, 4) is 0 Å². The number of hydrogen-bond acceptors (Lipinski definition) is 2. The molecule has 0 bridgehead atoms. The molecule has 0 aliphatic heterocycles. The fourth-order valence-corrected chi connectivity index (χ4v) is 1.59. The minimum absolute atomic E-state index is 0.237. The SMILES string of the molecule is Cc1cccc(CCS(=O)(=O)F)c1. The average molecular weight is 202 g/mol. The van der Waals surface area contributed by atoms with Crippen LogP contribution in [-0.4, -0.2) is 14.2 Å². The fraction of sp³-hybridized carbons (Fsp3) is 0.333. The molecule has 1 aromatic carbocycles. The number of benzene rings is 1.